The molecule has 2 heterocycles. The van der Waals surface area contributed by atoms with Gasteiger partial charge in [0, 0.05) is 29.3 Å². The van der Waals surface area contributed by atoms with Crippen molar-refractivity contribution in [1.29, 1.82) is 0 Å². The molecule has 0 radical (unpaired) electrons. The number of imidazole rings is 1. The number of aromatic nitrogens is 4. The minimum absolute atomic E-state index is 0.673. The van der Waals surface area contributed by atoms with Crippen LogP contribution < -0.4 is 0 Å². The maximum atomic E-state index is 4.24. The smallest absolute Gasteiger partial charge is 0.160 e. The molecule has 0 unspecified atom stereocenters. The van der Waals surface area contributed by atoms with Crippen LogP contribution in [-0.4, -0.2) is 19.5 Å². The molecule has 5 heteroatoms. The Labute approximate surface area is 95.8 Å². The summed E-state index contributed by atoms with van der Waals surface area (Å²) in [6.07, 6.45) is 8.60. The molecular weight excluding hydrogens is 256 g/mol. The highest BCUT2D eigenvalue weighted by Crippen LogP contribution is 2.15. The Morgan fingerprint density at radius 3 is 2.87 bits per heavy atom. The lowest BCUT2D eigenvalue weighted by Crippen LogP contribution is -2.00. The Hall–Kier alpha value is -1.49. The lowest BCUT2D eigenvalue weighted by Gasteiger charge is -2.05. The normalized spacial score (nSPS) is 10.2. The molecule has 0 aromatic carbocycles. The van der Waals surface area contributed by atoms with Crippen molar-refractivity contribution in [2.45, 2.75) is 6.54 Å². The minimum atomic E-state index is 0.673. The van der Waals surface area contributed by atoms with Gasteiger partial charge in [0.15, 0.2) is 5.82 Å². The molecule has 0 fully saturated rings. The van der Waals surface area contributed by atoms with E-state index in [1.807, 2.05) is 10.8 Å². The summed E-state index contributed by atoms with van der Waals surface area (Å²) in [5.41, 5.74) is 0.760. The van der Waals surface area contributed by atoms with Crippen LogP contribution in [0.2, 0.25) is 0 Å². The van der Waals surface area contributed by atoms with Crippen molar-refractivity contribution in [1.82, 2.24) is 19.5 Å². The Kier molecular flexibility index (Phi) is 2.91. The molecule has 0 saturated heterocycles. The fraction of sp³-hybridized carbons (Fsp3) is 0.100. The Balaban J connectivity index is 2.37. The Bertz CT molecular complexity index is 463. The van der Waals surface area contributed by atoms with Crippen molar-refractivity contribution >= 4 is 15.9 Å². The largest absolute Gasteiger partial charge is 0.325 e. The van der Waals surface area contributed by atoms with Crippen molar-refractivity contribution in [3.8, 4) is 11.5 Å². The number of hydrogen-bond donors (Lipinski definition) is 0. The second-order valence-electron chi connectivity index (χ2n) is 2.99. The molecule has 0 aliphatic carbocycles. The van der Waals surface area contributed by atoms with Gasteiger partial charge in [0.2, 0.25) is 0 Å². The van der Waals surface area contributed by atoms with Gasteiger partial charge in [0.1, 0.15) is 5.69 Å². The highest BCUT2D eigenvalue weighted by atomic mass is 79.9. The fourth-order valence-electron chi connectivity index (χ4n) is 1.27. The minimum Gasteiger partial charge on any atom is -0.325 e. The molecule has 0 aliphatic heterocycles. The van der Waals surface area contributed by atoms with Gasteiger partial charge in [-0.2, -0.15) is 0 Å². The van der Waals surface area contributed by atoms with Crippen molar-refractivity contribution in [3.05, 3.63) is 42.0 Å². The highest BCUT2D eigenvalue weighted by Gasteiger charge is 2.06. The summed E-state index contributed by atoms with van der Waals surface area (Å²) in [6.45, 7) is 4.47. The molecule has 4 nitrogen and oxygen atoms in total. The summed E-state index contributed by atoms with van der Waals surface area (Å²) in [5.74, 6) is 0.795. The third-order valence-electron chi connectivity index (χ3n) is 1.85. The topological polar surface area (TPSA) is 43.6 Å². The van der Waals surface area contributed by atoms with Crippen LogP contribution in [-0.2, 0) is 6.54 Å². The molecule has 0 saturated carbocycles. The van der Waals surface area contributed by atoms with E-state index in [0.717, 1.165) is 16.0 Å². The van der Waals surface area contributed by atoms with E-state index in [2.05, 4.69) is 37.5 Å². The number of halogens is 1. The molecule has 0 aliphatic rings. The van der Waals surface area contributed by atoms with E-state index in [9.17, 15) is 0 Å². The summed E-state index contributed by atoms with van der Waals surface area (Å²) in [7, 11) is 0. The SMILES string of the molecule is C=C(Br)Cn1ccnc1-c1cnccn1. The molecule has 0 bridgehead atoms. The summed E-state index contributed by atoms with van der Waals surface area (Å²) in [6, 6.07) is 0. The van der Waals surface area contributed by atoms with Gasteiger partial charge in [-0.3, -0.25) is 4.98 Å². The van der Waals surface area contributed by atoms with Gasteiger partial charge in [-0.05, 0) is 0 Å². The van der Waals surface area contributed by atoms with Crippen molar-refractivity contribution < 1.29 is 0 Å². The first-order chi connectivity index (χ1) is 7.27. The van der Waals surface area contributed by atoms with Crippen LogP contribution in [0.3, 0.4) is 0 Å². The van der Waals surface area contributed by atoms with Crippen LogP contribution in [0.1, 0.15) is 0 Å². The molecule has 76 valence electrons. The molecule has 0 atom stereocenters. The molecule has 0 amide bonds. The lowest BCUT2D eigenvalue weighted by atomic mass is 10.4. The van der Waals surface area contributed by atoms with Gasteiger partial charge in [-0.1, -0.05) is 22.5 Å². The van der Waals surface area contributed by atoms with Crippen molar-refractivity contribution in [3.63, 3.8) is 0 Å². The quantitative estimate of drug-likeness (QED) is 0.854. The molecule has 2 rings (SSSR count). The average molecular weight is 265 g/mol. The summed E-state index contributed by atoms with van der Waals surface area (Å²) < 4.78 is 2.85. The van der Waals surface area contributed by atoms with Crippen molar-refractivity contribution in [2.75, 3.05) is 0 Å². The number of rotatable bonds is 3. The lowest BCUT2D eigenvalue weighted by molar-refractivity contribution is 0.821. The van der Waals surface area contributed by atoms with Gasteiger partial charge in [-0.15, -0.1) is 0 Å². The highest BCUT2D eigenvalue weighted by molar-refractivity contribution is 9.11. The fourth-order valence-corrected chi connectivity index (χ4v) is 1.54. The Morgan fingerprint density at radius 2 is 2.20 bits per heavy atom. The monoisotopic (exact) mass is 264 g/mol. The van der Waals surface area contributed by atoms with Crippen LogP contribution in [0.15, 0.2) is 42.0 Å². The Morgan fingerprint density at radius 1 is 1.33 bits per heavy atom. The maximum absolute atomic E-state index is 4.24. The number of nitrogens with zero attached hydrogens (tertiary/aromatic N) is 4. The second-order valence-corrected chi connectivity index (χ2v) is 4.11. The van der Waals surface area contributed by atoms with Gasteiger partial charge in [-0.25, -0.2) is 9.97 Å². The zero-order chi connectivity index (χ0) is 10.7. The predicted octanol–water partition coefficient (Wildman–Crippen LogP) is 2.25. The predicted molar refractivity (Wildman–Crippen MR) is 61.3 cm³/mol. The first-order valence-electron chi connectivity index (χ1n) is 4.38. The van der Waals surface area contributed by atoms with E-state index in [1.165, 1.54) is 0 Å². The van der Waals surface area contributed by atoms with Crippen molar-refractivity contribution in [2.24, 2.45) is 0 Å². The van der Waals surface area contributed by atoms with Crippen LogP contribution in [0.4, 0.5) is 0 Å². The van der Waals surface area contributed by atoms with Crippen LogP contribution in [0, 0.1) is 0 Å². The van der Waals surface area contributed by atoms with Crippen LogP contribution in [0.25, 0.3) is 11.5 Å². The van der Waals surface area contributed by atoms with E-state index in [4.69, 9.17) is 0 Å². The standard InChI is InChI=1S/C10H9BrN4/c1-8(11)7-15-5-4-14-10(15)9-6-12-2-3-13-9/h2-6H,1,7H2. The molecule has 0 spiro atoms. The molecule has 0 N–H and O–H groups in total. The van der Waals surface area contributed by atoms with Gasteiger partial charge >= 0.3 is 0 Å². The first kappa shape index (κ1) is 10.0. The summed E-state index contributed by atoms with van der Waals surface area (Å²) in [4.78, 5) is 12.4. The molecule has 2 aromatic rings. The van der Waals surface area contributed by atoms with Gasteiger partial charge < -0.3 is 4.57 Å². The number of allylic oxidation sites excluding steroid dienone is 1. The third kappa shape index (κ3) is 2.30. The van der Waals surface area contributed by atoms with E-state index in [1.54, 1.807) is 24.8 Å². The van der Waals surface area contributed by atoms with E-state index < -0.39 is 0 Å². The van der Waals surface area contributed by atoms with E-state index >= 15 is 0 Å². The summed E-state index contributed by atoms with van der Waals surface area (Å²) >= 11 is 3.32. The third-order valence-corrected chi connectivity index (χ3v) is 2.10. The average Bonchev–Trinajstić information content (AvgIpc) is 2.66. The second kappa shape index (κ2) is 4.35. The first-order valence-corrected chi connectivity index (χ1v) is 5.17. The zero-order valence-corrected chi connectivity index (χ0v) is 9.55. The van der Waals surface area contributed by atoms with Crippen LogP contribution >= 0.6 is 15.9 Å². The van der Waals surface area contributed by atoms with Gasteiger partial charge in [0.05, 0.1) is 12.7 Å². The molecule has 2 aromatic heterocycles. The van der Waals surface area contributed by atoms with E-state index in [0.29, 0.717) is 6.54 Å². The zero-order valence-electron chi connectivity index (χ0n) is 7.97. The maximum Gasteiger partial charge on any atom is 0.160 e. The van der Waals surface area contributed by atoms with Crippen LogP contribution in [0.5, 0.6) is 0 Å². The summed E-state index contributed by atoms with van der Waals surface area (Å²) in [5, 5.41) is 0. The molecular formula is C10H9BrN4. The van der Waals surface area contributed by atoms with E-state index in [-0.39, 0.29) is 0 Å². The molecule has 15 heavy (non-hydrogen) atoms. The number of hydrogen-bond acceptors (Lipinski definition) is 3. The van der Waals surface area contributed by atoms with Gasteiger partial charge in [0.25, 0.3) is 0 Å².